The average molecular weight is 441 g/mol. The van der Waals surface area contributed by atoms with Crippen LogP contribution >= 0.6 is 0 Å². The predicted octanol–water partition coefficient (Wildman–Crippen LogP) is 5.48. The van der Waals surface area contributed by atoms with Gasteiger partial charge in [-0.3, -0.25) is 0 Å². The van der Waals surface area contributed by atoms with Crippen molar-refractivity contribution in [1.82, 2.24) is 9.88 Å². The molecule has 1 saturated heterocycles. The van der Waals surface area contributed by atoms with Crippen molar-refractivity contribution in [2.24, 2.45) is 0 Å². The van der Waals surface area contributed by atoms with E-state index in [9.17, 15) is 9.65 Å². The molecule has 2 heterocycles. The molecule has 1 aromatic heterocycles. The maximum atomic E-state index is 14.6. The van der Waals surface area contributed by atoms with Crippen LogP contribution in [-0.4, -0.2) is 30.8 Å². The van der Waals surface area contributed by atoms with E-state index in [2.05, 4.69) is 45.5 Å². The Hall–Kier alpha value is -3.82. The van der Waals surface area contributed by atoms with E-state index in [0.29, 0.717) is 11.6 Å². The van der Waals surface area contributed by atoms with Gasteiger partial charge in [-0.15, -0.1) is 0 Å². The first-order valence-electron chi connectivity index (χ1n) is 11.1. The molecule has 0 amide bonds. The number of halogens is 1. The summed E-state index contributed by atoms with van der Waals surface area (Å²) >= 11 is 0. The van der Waals surface area contributed by atoms with Gasteiger partial charge in [0.1, 0.15) is 0 Å². The van der Waals surface area contributed by atoms with Gasteiger partial charge in [0.15, 0.2) is 11.6 Å². The van der Waals surface area contributed by atoms with Gasteiger partial charge in [-0.25, -0.2) is 4.39 Å². The van der Waals surface area contributed by atoms with E-state index in [1.54, 1.807) is 18.2 Å². The standard InChI is InChI=1S/C27H25FN4O/c1-33-27-11-6-19(14-24(27)28)26-15-20-13-21(31-22-3-2-12-30-17-22)7-10-25(20)32(26)23-8-4-18(16-29)5-9-23/h4-11,13-15,22,30-31H,2-3,12,17H2,1H3/t22-/m1/s1. The van der Waals surface area contributed by atoms with Crippen molar-refractivity contribution < 1.29 is 9.13 Å². The van der Waals surface area contributed by atoms with Crippen molar-refractivity contribution in [2.75, 3.05) is 25.5 Å². The van der Waals surface area contributed by atoms with Crippen LogP contribution in [0.1, 0.15) is 18.4 Å². The first kappa shape index (κ1) is 21.0. The third-order valence-electron chi connectivity index (χ3n) is 6.17. The Morgan fingerprint density at radius 3 is 2.64 bits per heavy atom. The monoisotopic (exact) mass is 440 g/mol. The number of rotatable bonds is 5. The van der Waals surface area contributed by atoms with Crippen molar-refractivity contribution in [3.63, 3.8) is 0 Å². The first-order chi connectivity index (χ1) is 16.2. The molecule has 4 aromatic rings. The molecule has 1 atom stereocenters. The first-order valence-corrected chi connectivity index (χ1v) is 11.1. The van der Waals surface area contributed by atoms with Crippen LogP contribution in [-0.2, 0) is 0 Å². The molecule has 0 aliphatic carbocycles. The molecule has 2 N–H and O–H groups in total. The summed E-state index contributed by atoms with van der Waals surface area (Å²) in [6.07, 6.45) is 2.32. The minimum Gasteiger partial charge on any atom is -0.494 e. The number of fused-ring (bicyclic) bond motifs is 1. The van der Waals surface area contributed by atoms with E-state index in [1.165, 1.54) is 19.6 Å². The zero-order chi connectivity index (χ0) is 22.8. The van der Waals surface area contributed by atoms with Gasteiger partial charge < -0.3 is 19.9 Å². The van der Waals surface area contributed by atoms with Gasteiger partial charge in [-0.2, -0.15) is 5.26 Å². The largest absolute Gasteiger partial charge is 0.494 e. The summed E-state index contributed by atoms with van der Waals surface area (Å²) in [5.74, 6) is -0.189. The van der Waals surface area contributed by atoms with Crippen LogP contribution in [0.15, 0.2) is 66.7 Å². The van der Waals surface area contributed by atoms with Crippen molar-refractivity contribution in [1.29, 1.82) is 5.26 Å². The summed E-state index contributed by atoms with van der Waals surface area (Å²) in [4.78, 5) is 0. The Morgan fingerprint density at radius 1 is 1.09 bits per heavy atom. The lowest BCUT2D eigenvalue weighted by atomic mass is 10.1. The molecule has 1 aliphatic heterocycles. The molecule has 0 saturated carbocycles. The summed E-state index contributed by atoms with van der Waals surface area (Å²) in [6.45, 7) is 2.03. The Kier molecular flexibility index (Phi) is 5.72. The summed E-state index contributed by atoms with van der Waals surface area (Å²) in [6, 6.07) is 23.4. The van der Waals surface area contributed by atoms with E-state index >= 15 is 0 Å². The zero-order valence-electron chi connectivity index (χ0n) is 18.4. The molecular weight excluding hydrogens is 415 g/mol. The molecule has 0 radical (unpaired) electrons. The maximum Gasteiger partial charge on any atom is 0.165 e. The summed E-state index contributed by atoms with van der Waals surface area (Å²) < 4.78 is 21.8. The predicted molar refractivity (Wildman–Crippen MR) is 129 cm³/mol. The van der Waals surface area contributed by atoms with Crippen molar-refractivity contribution in [2.45, 2.75) is 18.9 Å². The number of ether oxygens (including phenoxy) is 1. The van der Waals surface area contributed by atoms with Crippen molar-refractivity contribution in [3.05, 3.63) is 78.1 Å². The number of nitrogens with one attached hydrogen (secondary N) is 2. The van der Waals surface area contributed by atoms with Crippen LogP contribution in [0.2, 0.25) is 0 Å². The normalized spacial score (nSPS) is 15.8. The van der Waals surface area contributed by atoms with Crippen LogP contribution < -0.4 is 15.4 Å². The molecule has 0 unspecified atom stereocenters. The smallest absolute Gasteiger partial charge is 0.165 e. The number of hydrogen-bond acceptors (Lipinski definition) is 4. The fraction of sp³-hybridized carbons (Fsp3) is 0.222. The zero-order valence-corrected chi connectivity index (χ0v) is 18.4. The maximum absolute atomic E-state index is 14.6. The summed E-state index contributed by atoms with van der Waals surface area (Å²) in [7, 11) is 1.46. The molecular formula is C27H25FN4O. The van der Waals surface area contributed by atoms with Crippen LogP contribution in [0.5, 0.6) is 5.75 Å². The van der Waals surface area contributed by atoms with Gasteiger partial charge >= 0.3 is 0 Å². The summed E-state index contributed by atoms with van der Waals surface area (Å²) in [5.41, 5.74) is 5.21. The highest BCUT2D eigenvalue weighted by Crippen LogP contribution is 2.35. The number of methoxy groups -OCH3 is 1. The van der Waals surface area contributed by atoms with E-state index in [1.807, 2.05) is 18.2 Å². The number of aromatic nitrogens is 1. The minimum absolute atomic E-state index is 0.215. The Bertz CT molecular complexity index is 1330. The third kappa shape index (κ3) is 4.15. The highest BCUT2D eigenvalue weighted by atomic mass is 19.1. The second-order valence-corrected chi connectivity index (χ2v) is 8.33. The number of benzene rings is 3. The van der Waals surface area contributed by atoms with Crippen molar-refractivity contribution >= 4 is 16.6 Å². The highest BCUT2D eigenvalue weighted by Gasteiger charge is 2.17. The molecule has 166 valence electrons. The molecule has 5 rings (SSSR count). The molecule has 3 aromatic carbocycles. The van der Waals surface area contributed by atoms with Gasteiger partial charge in [0.25, 0.3) is 0 Å². The van der Waals surface area contributed by atoms with Gasteiger partial charge in [-0.05, 0) is 86.1 Å². The Morgan fingerprint density at radius 2 is 1.94 bits per heavy atom. The lowest BCUT2D eigenvalue weighted by Crippen LogP contribution is -2.38. The molecule has 1 aliphatic rings. The second-order valence-electron chi connectivity index (χ2n) is 8.33. The molecule has 6 heteroatoms. The van der Waals surface area contributed by atoms with Gasteiger partial charge in [0, 0.05) is 34.9 Å². The fourth-order valence-electron chi connectivity index (χ4n) is 4.52. The minimum atomic E-state index is -0.404. The number of nitriles is 1. The number of hydrogen-bond donors (Lipinski definition) is 2. The topological polar surface area (TPSA) is 62.0 Å². The fourth-order valence-corrected chi connectivity index (χ4v) is 4.52. The van der Waals surface area contributed by atoms with Gasteiger partial charge in [0.2, 0.25) is 0 Å². The lowest BCUT2D eigenvalue weighted by molar-refractivity contribution is 0.386. The molecule has 0 spiro atoms. The van der Waals surface area contributed by atoms with Crippen LogP contribution in [0, 0.1) is 17.1 Å². The summed E-state index contributed by atoms with van der Waals surface area (Å²) in [5, 5.41) is 17.3. The Labute approximate surface area is 192 Å². The molecule has 1 fully saturated rings. The highest BCUT2D eigenvalue weighted by molar-refractivity contribution is 5.91. The van der Waals surface area contributed by atoms with Crippen molar-refractivity contribution in [3.8, 4) is 28.8 Å². The average Bonchev–Trinajstić information content (AvgIpc) is 3.23. The molecule has 0 bridgehead atoms. The number of nitrogens with zero attached hydrogens (tertiary/aromatic N) is 2. The number of anilines is 1. The lowest BCUT2D eigenvalue weighted by Gasteiger charge is -2.24. The second kappa shape index (κ2) is 8.97. The SMILES string of the molecule is COc1ccc(-c2cc3cc(N[C@@H]4CCCNC4)ccc3n2-c2ccc(C#N)cc2)cc1F. The van der Waals surface area contributed by atoms with E-state index in [0.717, 1.165) is 53.0 Å². The quantitative estimate of drug-likeness (QED) is 0.431. The number of piperidine rings is 1. The van der Waals surface area contributed by atoms with E-state index < -0.39 is 5.82 Å². The van der Waals surface area contributed by atoms with Crippen LogP contribution in [0.3, 0.4) is 0 Å². The van der Waals surface area contributed by atoms with E-state index in [-0.39, 0.29) is 5.75 Å². The van der Waals surface area contributed by atoms with E-state index in [4.69, 9.17) is 4.74 Å². The third-order valence-corrected chi connectivity index (χ3v) is 6.17. The van der Waals surface area contributed by atoms with Crippen LogP contribution in [0.4, 0.5) is 10.1 Å². The Balaban J connectivity index is 1.62. The molecule has 5 nitrogen and oxygen atoms in total. The molecule has 33 heavy (non-hydrogen) atoms. The van der Waals surface area contributed by atoms with Crippen LogP contribution in [0.25, 0.3) is 27.8 Å². The van der Waals surface area contributed by atoms with Gasteiger partial charge in [0.05, 0.1) is 30.0 Å². The van der Waals surface area contributed by atoms with Gasteiger partial charge in [-0.1, -0.05) is 0 Å².